The van der Waals surface area contributed by atoms with Crippen molar-refractivity contribution >= 4 is 5.91 Å². The summed E-state index contributed by atoms with van der Waals surface area (Å²) in [6.07, 6.45) is 0.443. The van der Waals surface area contributed by atoms with Gasteiger partial charge in [0.1, 0.15) is 11.7 Å². The van der Waals surface area contributed by atoms with Crippen molar-refractivity contribution in [3.8, 4) is 11.8 Å². The van der Waals surface area contributed by atoms with Crippen molar-refractivity contribution in [2.75, 3.05) is 19.7 Å². The zero-order valence-corrected chi connectivity index (χ0v) is 12.4. The third-order valence-electron chi connectivity index (χ3n) is 3.20. The van der Waals surface area contributed by atoms with E-state index in [-0.39, 0.29) is 5.91 Å². The summed E-state index contributed by atoms with van der Waals surface area (Å²) in [5.41, 5.74) is 0.973. The predicted octanol–water partition coefficient (Wildman–Crippen LogP) is 2.64. The Bertz CT molecular complexity index is 458. The summed E-state index contributed by atoms with van der Waals surface area (Å²) in [6.45, 7) is 7.68. The van der Waals surface area contributed by atoms with E-state index in [2.05, 4.69) is 6.07 Å². The van der Waals surface area contributed by atoms with Crippen LogP contribution >= 0.6 is 0 Å². The number of hydrogen-bond acceptors (Lipinski definition) is 3. The molecule has 0 fully saturated rings. The molecule has 4 heteroatoms. The highest BCUT2D eigenvalue weighted by Gasteiger charge is 2.22. The molecule has 0 saturated carbocycles. The Kier molecular flexibility index (Phi) is 6.58. The minimum Gasteiger partial charge on any atom is -0.494 e. The summed E-state index contributed by atoms with van der Waals surface area (Å²) in [5, 5.41) is 9.21. The number of benzene rings is 1. The Labute approximate surface area is 121 Å². The van der Waals surface area contributed by atoms with E-state index in [1.54, 1.807) is 4.90 Å². The van der Waals surface area contributed by atoms with Crippen LogP contribution in [0.15, 0.2) is 24.3 Å². The minimum atomic E-state index is -0.618. The maximum Gasteiger partial charge on any atom is 0.240 e. The van der Waals surface area contributed by atoms with Crippen LogP contribution in [0.25, 0.3) is 0 Å². The van der Waals surface area contributed by atoms with Crippen LogP contribution in [-0.4, -0.2) is 30.5 Å². The molecule has 0 heterocycles. The summed E-state index contributed by atoms with van der Waals surface area (Å²) >= 11 is 0. The Hall–Kier alpha value is -2.02. The maximum atomic E-state index is 12.2. The summed E-state index contributed by atoms with van der Waals surface area (Å²) in [5.74, 6) is 0.0963. The van der Waals surface area contributed by atoms with Gasteiger partial charge in [-0.2, -0.15) is 5.26 Å². The number of carbonyl (C=O) groups is 1. The molecule has 4 nitrogen and oxygen atoms in total. The first-order chi connectivity index (χ1) is 9.65. The number of nitriles is 1. The van der Waals surface area contributed by atoms with E-state index in [0.29, 0.717) is 26.1 Å². The fraction of sp³-hybridized carbons (Fsp3) is 0.500. The molecule has 1 aromatic rings. The standard InChI is InChI=1S/C16H22N2O2/c1-4-18(5-2)16(19)14(12-17)11-13-7-9-15(10-8-13)20-6-3/h7-10,14H,4-6,11H2,1-3H3. The van der Waals surface area contributed by atoms with Gasteiger partial charge in [-0.3, -0.25) is 4.79 Å². The second-order valence-electron chi connectivity index (χ2n) is 4.47. The molecule has 1 rings (SSSR count). The van der Waals surface area contributed by atoms with Gasteiger partial charge in [0.05, 0.1) is 12.7 Å². The van der Waals surface area contributed by atoms with E-state index in [1.165, 1.54) is 0 Å². The lowest BCUT2D eigenvalue weighted by Gasteiger charge is -2.21. The van der Waals surface area contributed by atoms with Gasteiger partial charge in [-0.15, -0.1) is 0 Å². The summed E-state index contributed by atoms with van der Waals surface area (Å²) in [6, 6.07) is 9.67. The largest absolute Gasteiger partial charge is 0.494 e. The normalized spacial score (nSPS) is 11.5. The molecule has 0 aliphatic carbocycles. The van der Waals surface area contributed by atoms with Crippen LogP contribution in [0.1, 0.15) is 26.3 Å². The number of ether oxygens (including phenoxy) is 1. The van der Waals surface area contributed by atoms with Gasteiger partial charge in [-0.05, 0) is 44.9 Å². The molecular weight excluding hydrogens is 252 g/mol. The molecule has 20 heavy (non-hydrogen) atoms. The van der Waals surface area contributed by atoms with E-state index >= 15 is 0 Å². The Morgan fingerprint density at radius 1 is 1.25 bits per heavy atom. The lowest BCUT2D eigenvalue weighted by Crippen LogP contribution is -2.36. The molecule has 0 N–H and O–H groups in total. The predicted molar refractivity (Wildman–Crippen MR) is 78.3 cm³/mol. The Morgan fingerprint density at radius 2 is 1.85 bits per heavy atom. The lowest BCUT2D eigenvalue weighted by molar-refractivity contribution is -0.133. The smallest absolute Gasteiger partial charge is 0.240 e. The topological polar surface area (TPSA) is 53.3 Å². The van der Waals surface area contributed by atoms with E-state index in [9.17, 15) is 10.1 Å². The van der Waals surface area contributed by atoms with Crippen molar-refractivity contribution in [1.29, 1.82) is 5.26 Å². The monoisotopic (exact) mass is 274 g/mol. The van der Waals surface area contributed by atoms with Crippen LogP contribution in [0.5, 0.6) is 5.75 Å². The lowest BCUT2D eigenvalue weighted by atomic mass is 9.99. The van der Waals surface area contributed by atoms with E-state index in [4.69, 9.17) is 4.74 Å². The van der Waals surface area contributed by atoms with E-state index in [1.807, 2.05) is 45.0 Å². The molecule has 0 spiro atoms. The number of nitrogens with zero attached hydrogens (tertiary/aromatic N) is 2. The molecule has 1 aromatic carbocycles. The van der Waals surface area contributed by atoms with E-state index in [0.717, 1.165) is 11.3 Å². The molecule has 0 radical (unpaired) electrons. The van der Waals surface area contributed by atoms with Gasteiger partial charge < -0.3 is 9.64 Å². The zero-order chi connectivity index (χ0) is 15.0. The van der Waals surface area contributed by atoms with Gasteiger partial charge in [0.15, 0.2) is 0 Å². The third-order valence-corrected chi connectivity index (χ3v) is 3.20. The maximum absolute atomic E-state index is 12.2. The van der Waals surface area contributed by atoms with Crippen LogP contribution in [0.2, 0.25) is 0 Å². The van der Waals surface area contributed by atoms with Crippen molar-refractivity contribution in [3.05, 3.63) is 29.8 Å². The highest BCUT2D eigenvalue weighted by atomic mass is 16.5. The number of carbonyl (C=O) groups excluding carboxylic acids is 1. The van der Waals surface area contributed by atoms with Crippen LogP contribution in [0, 0.1) is 17.2 Å². The first-order valence-electron chi connectivity index (χ1n) is 7.06. The number of hydrogen-bond donors (Lipinski definition) is 0. The average Bonchev–Trinajstić information content (AvgIpc) is 2.48. The zero-order valence-electron chi connectivity index (χ0n) is 12.4. The Morgan fingerprint density at radius 3 is 2.30 bits per heavy atom. The van der Waals surface area contributed by atoms with Crippen LogP contribution in [0.3, 0.4) is 0 Å². The van der Waals surface area contributed by atoms with Gasteiger partial charge in [0, 0.05) is 13.1 Å². The van der Waals surface area contributed by atoms with E-state index < -0.39 is 5.92 Å². The molecule has 108 valence electrons. The first-order valence-corrected chi connectivity index (χ1v) is 7.06. The van der Waals surface area contributed by atoms with Crippen LogP contribution in [0.4, 0.5) is 0 Å². The van der Waals surface area contributed by atoms with Crippen LogP contribution in [-0.2, 0) is 11.2 Å². The molecule has 1 amide bonds. The second kappa shape index (κ2) is 8.21. The quantitative estimate of drug-likeness (QED) is 0.768. The molecule has 0 bridgehead atoms. The van der Waals surface area contributed by atoms with Crippen molar-refractivity contribution in [2.24, 2.45) is 5.92 Å². The number of rotatable bonds is 7. The van der Waals surface area contributed by atoms with Gasteiger partial charge in [-0.1, -0.05) is 12.1 Å². The fourth-order valence-corrected chi connectivity index (χ4v) is 2.07. The third kappa shape index (κ3) is 4.27. The van der Waals surface area contributed by atoms with Gasteiger partial charge in [0.2, 0.25) is 5.91 Å². The molecule has 1 atom stereocenters. The highest BCUT2D eigenvalue weighted by Crippen LogP contribution is 2.16. The molecule has 0 aliphatic heterocycles. The van der Waals surface area contributed by atoms with Crippen molar-refractivity contribution in [3.63, 3.8) is 0 Å². The van der Waals surface area contributed by atoms with Gasteiger partial charge in [0.25, 0.3) is 0 Å². The van der Waals surface area contributed by atoms with Gasteiger partial charge in [-0.25, -0.2) is 0 Å². The fourth-order valence-electron chi connectivity index (χ4n) is 2.07. The van der Waals surface area contributed by atoms with Crippen LogP contribution < -0.4 is 4.74 Å². The van der Waals surface area contributed by atoms with Crippen molar-refractivity contribution in [2.45, 2.75) is 27.2 Å². The molecule has 0 aromatic heterocycles. The van der Waals surface area contributed by atoms with Crippen molar-refractivity contribution in [1.82, 2.24) is 4.90 Å². The molecular formula is C16H22N2O2. The summed E-state index contributed by atoms with van der Waals surface area (Å²) in [4.78, 5) is 13.9. The van der Waals surface area contributed by atoms with Crippen molar-refractivity contribution < 1.29 is 9.53 Å². The summed E-state index contributed by atoms with van der Waals surface area (Å²) in [7, 11) is 0. The van der Waals surface area contributed by atoms with Gasteiger partial charge >= 0.3 is 0 Å². The number of amides is 1. The molecule has 1 unspecified atom stereocenters. The highest BCUT2D eigenvalue weighted by molar-refractivity contribution is 5.81. The Balaban J connectivity index is 2.73. The summed E-state index contributed by atoms with van der Waals surface area (Å²) < 4.78 is 5.37. The SMILES string of the molecule is CCOc1ccc(CC(C#N)C(=O)N(CC)CC)cc1. The second-order valence-corrected chi connectivity index (χ2v) is 4.47. The minimum absolute atomic E-state index is 0.0913. The molecule has 0 saturated heterocycles. The average molecular weight is 274 g/mol. The molecule has 0 aliphatic rings. The first kappa shape index (κ1) is 16.0.